The van der Waals surface area contributed by atoms with Crippen molar-refractivity contribution in [3.8, 4) is 0 Å². The van der Waals surface area contributed by atoms with E-state index in [1.807, 2.05) is 12.1 Å². The predicted molar refractivity (Wildman–Crippen MR) is 105 cm³/mol. The van der Waals surface area contributed by atoms with Crippen LogP contribution in [0.3, 0.4) is 0 Å². The first-order valence-corrected chi connectivity index (χ1v) is 9.70. The van der Waals surface area contributed by atoms with Gasteiger partial charge >= 0.3 is 0 Å². The Kier molecular flexibility index (Phi) is 4.39. The van der Waals surface area contributed by atoms with Crippen molar-refractivity contribution in [3.63, 3.8) is 0 Å². The van der Waals surface area contributed by atoms with Crippen LogP contribution in [0.4, 0.5) is 5.69 Å². The quantitative estimate of drug-likeness (QED) is 0.590. The van der Waals surface area contributed by atoms with Crippen LogP contribution in [0, 0.1) is 5.41 Å². The number of anilines is 1. The summed E-state index contributed by atoms with van der Waals surface area (Å²) < 4.78 is 0. The topological polar surface area (TPSA) is 81.5 Å². The Hall–Kier alpha value is -2.80. The summed E-state index contributed by atoms with van der Waals surface area (Å²) >= 11 is 3.40. The van der Waals surface area contributed by atoms with Crippen molar-refractivity contribution in [2.24, 2.45) is 0 Å². The fourth-order valence-electron chi connectivity index (χ4n) is 3.51. The Balaban J connectivity index is 1.48. The van der Waals surface area contributed by atoms with E-state index in [0.717, 1.165) is 5.56 Å². The number of carbonyl (C=O) groups excluding carboxylic acids is 3. The van der Waals surface area contributed by atoms with Crippen molar-refractivity contribution >= 4 is 45.1 Å². The molecule has 6 nitrogen and oxygen atoms in total. The van der Waals surface area contributed by atoms with Gasteiger partial charge in [0, 0.05) is 24.0 Å². The highest BCUT2D eigenvalue weighted by atomic mass is 79.9. The first-order valence-electron chi connectivity index (χ1n) is 8.58. The maximum Gasteiger partial charge on any atom is 0.276 e. The summed E-state index contributed by atoms with van der Waals surface area (Å²) in [5, 5.41) is 8.68. The van der Waals surface area contributed by atoms with E-state index in [-0.39, 0.29) is 30.0 Å². The van der Waals surface area contributed by atoms with Crippen LogP contribution in [0.2, 0.25) is 0 Å². The molecule has 27 heavy (non-hydrogen) atoms. The van der Waals surface area contributed by atoms with Gasteiger partial charge in [-0.25, -0.2) is 0 Å². The molecular weight excluding hydrogens is 410 g/mol. The smallest absolute Gasteiger partial charge is 0.276 e. The summed E-state index contributed by atoms with van der Waals surface area (Å²) in [6, 6.07) is 12.3. The van der Waals surface area contributed by atoms with Gasteiger partial charge in [-0.2, -0.15) is 0 Å². The van der Waals surface area contributed by atoms with Gasteiger partial charge in [0.05, 0.1) is 16.8 Å². The Morgan fingerprint density at radius 2 is 1.44 bits per heavy atom. The number of halogens is 1. The second-order valence-electron chi connectivity index (χ2n) is 6.48. The molecule has 0 radical (unpaired) electrons. The summed E-state index contributed by atoms with van der Waals surface area (Å²) in [5.74, 6) is -0.935. The third kappa shape index (κ3) is 2.78. The largest absolute Gasteiger partial charge is 0.306 e. The minimum atomic E-state index is -0.348. The molecule has 0 fully saturated rings. The molecule has 0 atom stereocenters. The second kappa shape index (κ2) is 6.74. The zero-order valence-corrected chi connectivity index (χ0v) is 16.0. The number of nitrogens with one attached hydrogen (secondary N) is 1. The van der Waals surface area contributed by atoms with Crippen LogP contribution in [0.5, 0.6) is 0 Å². The Morgan fingerprint density at radius 1 is 0.815 bits per heavy atom. The van der Waals surface area contributed by atoms with E-state index in [0.29, 0.717) is 40.7 Å². The lowest BCUT2D eigenvalue weighted by atomic mass is 10.1. The third-order valence-electron chi connectivity index (χ3n) is 4.88. The first kappa shape index (κ1) is 17.6. The lowest BCUT2D eigenvalue weighted by Gasteiger charge is -2.19. The van der Waals surface area contributed by atoms with E-state index in [2.05, 4.69) is 15.9 Å². The minimum Gasteiger partial charge on any atom is -0.306 e. The molecule has 1 N–H and O–H groups in total. The molecule has 136 valence electrons. The number of fused-ring (bicyclic) bond motifs is 2. The molecule has 4 rings (SSSR count). The number of nitrogens with zero attached hydrogens (tertiary/aromatic N) is 2. The molecule has 0 saturated heterocycles. The average Bonchev–Trinajstić information content (AvgIpc) is 3.08. The molecule has 2 heterocycles. The molecule has 0 aromatic heterocycles. The lowest BCUT2D eigenvalue weighted by Crippen LogP contribution is -2.35. The molecular formula is C20H16BrN3O3. The van der Waals surface area contributed by atoms with E-state index in [9.17, 15) is 14.4 Å². The number of rotatable bonds is 5. The minimum absolute atomic E-state index is 0.0214. The number of amides is 3. The molecule has 3 amide bonds. The molecule has 0 spiro atoms. The van der Waals surface area contributed by atoms with Gasteiger partial charge in [-0.15, -0.1) is 0 Å². The molecule has 0 aliphatic carbocycles. The predicted octanol–water partition coefficient (Wildman–Crippen LogP) is 2.98. The Labute approximate surface area is 164 Å². The molecule has 2 aliphatic heterocycles. The van der Waals surface area contributed by atoms with Gasteiger partial charge in [-0.05, 0) is 30.2 Å². The van der Waals surface area contributed by atoms with Crippen molar-refractivity contribution in [3.05, 3.63) is 64.7 Å². The summed E-state index contributed by atoms with van der Waals surface area (Å²) in [4.78, 5) is 40.1. The normalized spacial score (nSPS) is 15.6. The molecule has 0 unspecified atom stereocenters. The lowest BCUT2D eigenvalue weighted by molar-refractivity contribution is -0.112. The molecule has 2 aliphatic rings. The Bertz CT molecular complexity index is 967. The highest BCUT2D eigenvalue weighted by molar-refractivity contribution is 9.08. The van der Waals surface area contributed by atoms with Gasteiger partial charge in [0.25, 0.3) is 17.7 Å². The van der Waals surface area contributed by atoms with E-state index in [1.165, 1.54) is 4.90 Å². The summed E-state index contributed by atoms with van der Waals surface area (Å²) in [6.07, 6.45) is 0.447. The highest BCUT2D eigenvalue weighted by Crippen LogP contribution is 2.31. The van der Waals surface area contributed by atoms with Crippen LogP contribution in [0.15, 0.2) is 42.5 Å². The number of hydrogen-bond acceptors (Lipinski definition) is 4. The van der Waals surface area contributed by atoms with Crippen molar-refractivity contribution in [2.75, 3.05) is 18.0 Å². The summed E-state index contributed by atoms with van der Waals surface area (Å²) in [7, 11) is 0. The molecule has 0 saturated carbocycles. The number of hydrogen-bond donors (Lipinski definition) is 1. The zero-order chi connectivity index (χ0) is 19.1. The van der Waals surface area contributed by atoms with E-state index in [1.54, 1.807) is 35.2 Å². The maximum atomic E-state index is 12.4. The van der Waals surface area contributed by atoms with Crippen LogP contribution in [0.25, 0.3) is 0 Å². The maximum absolute atomic E-state index is 12.4. The van der Waals surface area contributed by atoms with Gasteiger partial charge < -0.3 is 4.90 Å². The first-order chi connectivity index (χ1) is 13.0. The van der Waals surface area contributed by atoms with Crippen molar-refractivity contribution in [2.45, 2.75) is 11.8 Å². The van der Waals surface area contributed by atoms with Crippen LogP contribution in [0.1, 0.15) is 38.3 Å². The van der Waals surface area contributed by atoms with E-state index < -0.39 is 0 Å². The van der Waals surface area contributed by atoms with Gasteiger partial charge in [0.15, 0.2) is 0 Å². The van der Waals surface area contributed by atoms with Gasteiger partial charge in [-0.1, -0.05) is 40.2 Å². The molecule has 7 heteroatoms. The van der Waals surface area contributed by atoms with Crippen molar-refractivity contribution < 1.29 is 14.4 Å². The van der Waals surface area contributed by atoms with Crippen molar-refractivity contribution in [1.29, 1.82) is 5.41 Å². The number of imide groups is 1. The van der Waals surface area contributed by atoms with Crippen LogP contribution < -0.4 is 4.90 Å². The van der Waals surface area contributed by atoms with E-state index >= 15 is 0 Å². The number of carbonyl (C=O) groups is 3. The zero-order valence-electron chi connectivity index (χ0n) is 14.4. The summed E-state index contributed by atoms with van der Waals surface area (Å²) in [5.41, 5.74) is 3.17. The molecule has 2 aromatic carbocycles. The highest BCUT2D eigenvalue weighted by Gasteiger charge is 2.36. The van der Waals surface area contributed by atoms with Gasteiger partial charge in [0.1, 0.15) is 5.71 Å². The van der Waals surface area contributed by atoms with Crippen LogP contribution >= 0.6 is 15.9 Å². The van der Waals surface area contributed by atoms with Crippen LogP contribution in [-0.4, -0.2) is 41.4 Å². The molecule has 2 aromatic rings. The van der Waals surface area contributed by atoms with Crippen molar-refractivity contribution in [1.82, 2.24) is 4.90 Å². The summed E-state index contributed by atoms with van der Waals surface area (Å²) in [6.45, 7) is 0.574. The fraction of sp³-hybridized carbons (Fsp3) is 0.200. The molecule has 0 bridgehead atoms. The average molecular weight is 426 g/mol. The Morgan fingerprint density at radius 3 is 2.07 bits per heavy atom. The third-order valence-corrected chi connectivity index (χ3v) is 5.52. The van der Waals surface area contributed by atoms with Gasteiger partial charge in [0.2, 0.25) is 0 Å². The van der Waals surface area contributed by atoms with Gasteiger partial charge in [-0.3, -0.25) is 24.7 Å². The monoisotopic (exact) mass is 425 g/mol. The van der Waals surface area contributed by atoms with Crippen LogP contribution in [-0.2, 0) is 10.1 Å². The number of benzene rings is 2. The van der Waals surface area contributed by atoms with E-state index in [4.69, 9.17) is 5.41 Å². The fourth-order valence-corrected chi connectivity index (χ4v) is 3.85. The second-order valence-corrected chi connectivity index (χ2v) is 7.04. The standard InChI is InChI=1S/C20H16BrN3O3/c21-11-12-6-7-15-16(10-12)23(20(27)17(15)22)8-3-9-24-18(25)13-4-1-2-5-14(13)19(24)26/h1-2,4-7,10,22H,3,8-9,11H2. The SMILES string of the molecule is N=C1C(=O)N(CCCN2C(=O)c3ccccc3C2=O)c2cc(CBr)ccc21. The number of alkyl halides is 1.